The van der Waals surface area contributed by atoms with Crippen molar-refractivity contribution in [2.45, 2.75) is 51.2 Å². The van der Waals surface area contributed by atoms with Crippen molar-refractivity contribution in [3.05, 3.63) is 47.5 Å². The summed E-state index contributed by atoms with van der Waals surface area (Å²) in [6.07, 6.45) is 3.50. The molecule has 1 saturated carbocycles. The van der Waals surface area contributed by atoms with E-state index >= 15 is 4.39 Å². The average Bonchev–Trinajstić information content (AvgIpc) is 3.62. The number of aromatic nitrogens is 2. The van der Waals surface area contributed by atoms with Gasteiger partial charge in [-0.15, -0.1) is 0 Å². The molecule has 1 amide bonds. The molecule has 2 unspecified atom stereocenters. The second-order valence-electron chi connectivity index (χ2n) is 9.21. The van der Waals surface area contributed by atoms with Crippen molar-refractivity contribution < 1.29 is 22.3 Å². The van der Waals surface area contributed by atoms with Crippen molar-refractivity contribution in [1.29, 1.82) is 0 Å². The molecule has 2 heterocycles. The number of amides is 1. The highest BCUT2D eigenvalue weighted by Gasteiger charge is 2.40. The zero-order valence-corrected chi connectivity index (χ0v) is 21.8. The summed E-state index contributed by atoms with van der Waals surface area (Å²) in [4.78, 5) is 25.1. The Balaban J connectivity index is 1.58. The van der Waals surface area contributed by atoms with E-state index in [1.165, 1.54) is 13.2 Å². The number of anilines is 2. The van der Waals surface area contributed by atoms with Gasteiger partial charge in [0.25, 0.3) is 0 Å². The molecule has 200 valence electrons. The van der Waals surface area contributed by atoms with E-state index in [9.17, 15) is 13.2 Å². The molecule has 0 bridgehead atoms. The maximum Gasteiger partial charge on any atom is 0.407 e. The molecule has 11 nitrogen and oxygen atoms in total. The molecule has 37 heavy (non-hydrogen) atoms. The molecular formula is C24H32FN7O4S. The fourth-order valence-electron chi connectivity index (χ4n) is 4.10. The first-order valence-electron chi connectivity index (χ1n) is 12.2. The van der Waals surface area contributed by atoms with Crippen LogP contribution >= 0.6 is 0 Å². The van der Waals surface area contributed by atoms with Gasteiger partial charge in [0, 0.05) is 30.3 Å². The number of hydrogen-bond donors (Lipinski definition) is 4. The number of sulfonamides is 1. The second kappa shape index (κ2) is 11.3. The number of amidine groups is 1. The standard InChI is InChI=1S/C24H32FN7O4S/c1-4-12-37(34,35)32-17-7-5-6-16(19(17)25)20-21(31-22(30-20)15-8-9-15)18-10-11-26-23(29-18)27-13-14(2)28-24(33)36-3/h5-7,10-11,14-15,20-21,32H,4,8-9,12-13H2,1-3H3,(H,28,33)(H,30,31)(H,26,27,29)/t14-,20?,21?/m0/s1. The Morgan fingerprint density at radius 2 is 2.08 bits per heavy atom. The minimum atomic E-state index is -3.66. The number of aliphatic imine (C=N–C) groups is 1. The average molecular weight is 534 g/mol. The normalized spacial score (nSPS) is 19.9. The molecule has 1 fully saturated rings. The Morgan fingerprint density at radius 3 is 2.78 bits per heavy atom. The van der Waals surface area contributed by atoms with Gasteiger partial charge < -0.3 is 20.7 Å². The maximum atomic E-state index is 15.6. The lowest BCUT2D eigenvalue weighted by molar-refractivity contribution is 0.168. The monoisotopic (exact) mass is 533 g/mol. The summed E-state index contributed by atoms with van der Waals surface area (Å²) in [7, 11) is -2.36. The van der Waals surface area contributed by atoms with Crippen molar-refractivity contribution in [2.75, 3.05) is 29.4 Å². The summed E-state index contributed by atoms with van der Waals surface area (Å²) in [5, 5.41) is 9.16. The van der Waals surface area contributed by atoms with Crippen LogP contribution in [0.2, 0.25) is 0 Å². The number of rotatable bonds is 11. The van der Waals surface area contributed by atoms with E-state index in [2.05, 4.69) is 35.4 Å². The number of methoxy groups -OCH3 is 1. The maximum absolute atomic E-state index is 15.6. The molecule has 2 aliphatic rings. The summed E-state index contributed by atoms with van der Waals surface area (Å²) < 4.78 is 47.1. The van der Waals surface area contributed by atoms with Crippen LogP contribution in [0.1, 0.15) is 56.5 Å². The van der Waals surface area contributed by atoms with E-state index in [-0.39, 0.29) is 23.0 Å². The number of benzene rings is 1. The Bertz CT molecular complexity index is 1270. The lowest BCUT2D eigenvalue weighted by atomic mass is 9.97. The van der Waals surface area contributed by atoms with E-state index < -0.39 is 34.0 Å². The van der Waals surface area contributed by atoms with Gasteiger partial charge in [0.05, 0.1) is 30.3 Å². The number of carbonyl (C=O) groups excluding carboxylic acids is 1. The largest absolute Gasteiger partial charge is 0.453 e. The van der Waals surface area contributed by atoms with E-state index in [1.54, 1.807) is 31.3 Å². The van der Waals surface area contributed by atoms with E-state index in [0.29, 0.717) is 30.5 Å². The van der Waals surface area contributed by atoms with E-state index in [1.807, 2.05) is 6.92 Å². The van der Waals surface area contributed by atoms with Crippen LogP contribution in [0.15, 0.2) is 35.5 Å². The smallest absolute Gasteiger partial charge is 0.407 e. The van der Waals surface area contributed by atoms with Crippen molar-refractivity contribution in [2.24, 2.45) is 10.9 Å². The van der Waals surface area contributed by atoms with Crippen LogP contribution in [0, 0.1) is 11.7 Å². The van der Waals surface area contributed by atoms with Crippen molar-refractivity contribution in [3.63, 3.8) is 0 Å². The predicted octanol–water partition coefficient (Wildman–Crippen LogP) is 3.12. The number of carbonyl (C=O) groups is 1. The van der Waals surface area contributed by atoms with Crippen LogP contribution in [0.3, 0.4) is 0 Å². The first-order valence-corrected chi connectivity index (χ1v) is 13.9. The predicted molar refractivity (Wildman–Crippen MR) is 138 cm³/mol. The summed E-state index contributed by atoms with van der Waals surface area (Å²) >= 11 is 0. The molecule has 1 aromatic heterocycles. The Labute approximate surface area is 215 Å². The highest BCUT2D eigenvalue weighted by atomic mass is 32.2. The molecule has 13 heteroatoms. The number of alkyl carbamates (subject to hydrolysis) is 1. The van der Waals surface area contributed by atoms with Crippen molar-refractivity contribution in [3.8, 4) is 0 Å². The Morgan fingerprint density at radius 1 is 1.30 bits per heavy atom. The first-order chi connectivity index (χ1) is 17.7. The van der Waals surface area contributed by atoms with Gasteiger partial charge in [-0.25, -0.2) is 27.6 Å². The molecule has 2 aromatic rings. The summed E-state index contributed by atoms with van der Waals surface area (Å²) in [6, 6.07) is 5.03. The number of nitrogens with one attached hydrogen (secondary N) is 4. The topological polar surface area (TPSA) is 147 Å². The number of hydrogen-bond acceptors (Lipinski definition) is 9. The van der Waals surface area contributed by atoms with Gasteiger partial charge in [0.15, 0.2) is 5.82 Å². The third-order valence-electron chi connectivity index (χ3n) is 6.06. The van der Waals surface area contributed by atoms with Crippen molar-refractivity contribution >= 4 is 33.6 Å². The third kappa shape index (κ3) is 6.64. The van der Waals surface area contributed by atoms with E-state index in [4.69, 9.17) is 4.99 Å². The molecule has 4 N–H and O–H groups in total. The summed E-state index contributed by atoms with van der Waals surface area (Å²) in [5.74, 6) is 0.688. The highest BCUT2D eigenvalue weighted by molar-refractivity contribution is 7.92. The number of halogens is 1. The lowest BCUT2D eigenvalue weighted by Gasteiger charge is -2.21. The quantitative estimate of drug-likeness (QED) is 0.345. The zero-order chi connectivity index (χ0) is 26.6. The Kier molecular flexibility index (Phi) is 8.10. The molecule has 0 saturated heterocycles. The minimum absolute atomic E-state index is 0.0985. The van der Waals surface area contributed by atoms with Crippen LogP contribution in [-0.2, 0) is 14.8 Å². The molecular weight excluding hydrogens is 501 g/mol. The van der Waals surface area contributed by atoms with Crippen LogP contribution in [-0.4, -0.2) is 55.8 Å². The number of nitrogens with zero attached hydrogens (tertiary/aromatic N) is 3. The fourth-order valence-corrected chi connectivity index (χ4v) is 5.23. The van der Waals surface area contributed by atoms with Crippen LogP contribution in [0.4, 0.5) is 20.8 Å². The Hall–Kier alpha value is -3.48. The number of ether oxygens (including phenoxy) is 1. The van der Waals surface area contributed by atoms with Crippen LogP contribution < -0.4 is 20.7 Å². The molecule has 0 spiro atoms. The molecule has 4 rings (SSSR count). The summed E-state index contributed by atoms with van der Waals surface area (Å²) in [5.41, 5.74) is 0.776. The highest BCUT2D eigenvalue weighted by Crippen LogP contribution is 2.42. The molecule has 3 atom stereocenters. The second-order valence-corrected chi connectivity index (χ2v) is 11.1. The lowest BCUT2D eigenvalue weighted by Crippen LogP contribution is -2.37. The molecule has 1 aliphatic heterocycles. The minimum Gasteiger partial charge on any atom is -0.453 e. The fraction of sp³-hybridized carbons (Fsp3) is 0.500. The van der Waals surface area contributed by atoms with Gasteiger partial charge in [0.2, 0.25) is 16.0 Å². The van der Waals surface area contributed by atoms with Gasteiger partial charge in [-0.05, 0) is 38.3 Å². The molecule has 1 aliphatic carbocycles. The first kappa shape index (κ1) is 26.6. The third-order valence-corrected chi connectivity index (χ3v) is 7.54. The van der Waals surface area contributed by atoms with Crippen molar-refractivity contribution in [1.82, 2.24) is 20.6 Å². The van der Waals surface area contributed by atoms with Crippen LogP contribution in [0.5, 0.6) is 0 Å². The summed E-state index contributed by atoms with van der Waals surface area (Å²) in [6.45, 7) is 3.91. The van der Waals surface area contributed by atoms with Gasteiger partial charge >= 0.3 is 6.09 Å². The van der Waals surface area contributed by atoms with Gasteiger partial charge in [0.1, 0.15) is 11.9 Å². The molecule has 0 radical (unpaired) electrons. The van der Waals surface area contributed by atoms with Crippen LogP contribution in [0.25, 0.3) is 0 Å². The molecule has 1 aromatic carbocycles. The van der Waals surface area contributed by atoms with Gasteiger partial charge in [-0.2, -0.15) is 0 Å². The SMILES string of the molecule is CCCS(=O)(=O)Nc1cccc(C2N=C(C3CC3)NC2c2ccnc(NC[C@H](C)NC(=O)OC)n2)c1F. The van der Waals surface area contributed by atoms with E-state index in [0.717, 1.165) is 18.7 Å². The zero-order valence-electron chi connectivity index (χ0n) is 21.0. The van der Waals surface area contributed by atoms with Gasteiger partial charge in [-0.3, -0.25) is 9.71 Å². The van der Waals surface area contributed by atoms with Gasteiger partial charge in [-0.1, -0.05) is 19.1 Å².